The van der Waals surface area contributed by atoms with Gasteiger partial charge in [0.05, 0.1) is 5.52 Å². The second-order valence-electron chi connectivity index (χ2n) is 4.32. The maximum atomic E-state index is 13.3. The van der Waals surface area contributed by atoms with E-state index in [2.05, 4.69) is 9.97 Å². The monoisotopic (exact) mass is 285 g/mol. The van der Waals surface area contributed by atoms with E-state index >= 15 is 0 Å². The van der Waals surface area contributed by atoms with Crippen molar-refractivity contribution in [1.82, 2.24) is 9.97 Å². The van der Waals surface area contributed by atoms with E-state index < -0.39 is 0 Å². The van der Waals surface area contributed by atoms with E-state index in [1.54, 1.807) is 17.8 Å². The molecular weight excluding hydrogens is 273 g/mol. The standard InChI is InChI=1S/C15H12FN3S/c1-20-11-5-2-9(3-6-11)15-18-13-8-10(16)4-7-12(13)14(17)19-15/h2-8H,1H3,(H2,17,18,19). The van der Waals surface area contributed by atoms with E-state index in [0.29, 0.717) is 22.5 Å². The number of benzene rings is 2. The summed E-state index contributed by atoms with van der Waals surface area (Å²) in [6.45, 7) is 0. The lowest BCUT2D eigenvalue weighted by Crippen LogP contribution is -1.98. The Hall–Kier alpha value is -2.14. The van der Waals surface area contributed by atoms with Crippen LogP contribution in [0.3, 0.4) is 0 Å². The molecule has 3 rings (SSSR count). The molecule has 0 fully saturated rings. The van der Waals surface area contributed by atoms with E-state index in [0.717, 1.165) is 10.5 Å². The Morgan fingerprint density at radius 3 is 2.50 bits per heavy atom. The number of halogens is 1. The van der Waals surface area contributed by atoms with E-state index in [1.165, 1.54) is 12.1 Å². The van der Waals surface area contributed by atoms with Crippen LogP contribution >= 0.6 is 11.8 Å². The zero-order valence-electron chi connectivity index (χ0n) is 10.8. The fraction of sp³-hybridized carbons (Fsp3) is 0.0667. The number of thioether (sulfide) groups is 1. The zero-order valence-corrected chi connectivity index (χ0v) is 11.6. The summed E-state index contributed by atoms with van der Waals surface area (Å²) in [5.41, 5.74) is 7.30. The lowest BCUT2D eigenvalue weighted by Gasteiger charge is -2.06. The summed E-state index contributed by atoms with van der Waals surface area (Å²) >= 11 is 1.67. The van der Waals surface area contributed by atoms with Crippen molar-refractivity contribution >= 4 is 28.5 Å². The maximum absolute atomic E-state index is 13.3. The van der Waals surface area contributed by atoms with Crippen molar-refractivity contribution in [2.45, 2.75) is 4.90 Å². The third kappa shape index (κ3) is 2.32. The minimum absolute atomic E-state index is 0.334. The highest BCUT2D eigenvalue weighted by Gasteiger charge is 2.08. The molecule has 0 unspecified atom stereocenters. The number of hydrogen-bond donors (Lipinski definition) is 1. The maximum Gasteiger partial charge on any atom is 0.162 e. The molecule has 0 aliphatic carbocycles. The number of fused-ring (bicyclic) bond motifs is 1. The van der Waals surface area contributed by atoms with Crippen molar-refractivity contribution in [2.24, 2.45) is 0 Å². The van der Waals surface area contributed by atoms with E-state index in [-0.39, 0.29) is 5.82 Å². The molecule has 0 atom stereocenters. The molecule has 0 radical (unpaired) electrons. The molecule has 0 amide bonds. The Morgan fingerprint density at radius 2 is 1.80 bits per heavy atom. The van der Waals surface area contributed by atoms with E-state index in [4.69, 9.17) is 5.73 Å². The third-order valence-electron chi connectivity index (χ3n) is 3.04. The first kappa shape index (κ1) is 12.9. The summed E-state index contributed by atoms with van der Waals surface area (Å²) in [6.07, 6.45) is 2.02. The van der Waals surface area contributed by atoms with E-state index in [1.807, 2.05) is 30.5 Å². The molecule has 2 N–H and O–H groups in total. The first-order valence-corrected chi connectivity index (χ1v) is 7.27. The molecule has 100 valence electrons. The Morgan fingerprint density at radius 1 is 1.05 bits per heavy atom. The van der Waals surface area contributed by atoms with Crippen LogP contribution < -0.4 is 5.73 Å². The molecule has 2 aromatic carbocycles. The number of nitrogens with zero attached hydrogens (tertiary/aromatic N) is 2. The fourth-order valence-corrected chi connectivity index (χ4v) is 2.40. The van der Waals surface area contributed by atoms with Crippen LogP contribution in [0.2, 0.25) is 0 Å². The summed E-state index contributed by atoms with van der Waals surface area (Å²) in [7, 11) is 0. The summed E-state index contributed by atoms with van der Waals surface area (Å²) in [6, 6.07) is 12.2. The predicted octanol–water partition coefficient (Wildman–Crippen LogP) is 3.74. The molecule has 1 aromatic heterocycles. The molecule has 3 aromatic rings. The van der Waals surface area contributed by atoms with Crippen LogP contribution in [0.4, 0.5) is 10.2 Å². The van der Waals surface area contributed by atoms with Gasteiger partial charge in [-0.1, -0.05) is 12.1 Å². The fourth-order valence-electron chi connectivity index (χ4n) is 2.00. The van der Waals surface area contributed by atoms with Gasteiger partial charge in [-0.05, 0) is 30.5 Å². The van der Waals surface area contributed by atoms with Gasteiger partial charge in [0.25, 0.3) is 0 Å². The quantitative estimate of drug-likeness (QED) is 0.729. The van der Waals surface area contributed by atoms with Crippen LogP contribution in [0.1, 0.15) is 0 Å². The van der Waals surface area contributed by atoms with Crippen LogP contribution in [-0.4, -0.2) is 16.2 Å². The third-order valence-corrected chi connectivity index (χ3v) is 3.78. The molecule has 0 saturated carbocycles. The largest absolute Gasteiger partial charge is 0.383 e. The van der Waals surface area contributed by atoms with Gasteiger partial charge in [-0.2, -0.15) is 0 Å². The molecule has 0 bridgehead atoms. The van der Waals surface area contributed by atoms with Gasteiger partial charge in [0.1, 0.15) is 11.6 Å². The molecule has 0 saturated heterocycles. The van der Waals surface area contributed by atoms with Crippen LogP contribution in [0.5, 0.6) is 0 Å². The predicted molar refractivity (Wildman–Crippen MR) is 81.1 cm³/mol. The van der Waals surface area contributed by atoms with Crippen molar-refractivity contribution in [3.8, 4) is 11.4 Å². The van der Waals surface area contributed by atoms with Gasteiger partial charge >= 0.3 is 0 Å². The first-order valence-electron chi connectivity index (χ1n) is 6.04. The second-order valence-corrected chi connectivity index (χ2v) is 5.20. The minimum atomic E-state index is -0.334. The van der Waals surface area contributed by atoms with Crippen molar-refractivity contribution in [1.29, 1.82) is 0 Å². The van der Waals surface area contributed by atoms with Gasteiger partial charge in [-0.15, -0.1) is 11.8 Å². The average molecular weight is 285 g/mol. The van der Waals surface area contributed by atoms with Gasteiger partial charge < -0.3 is 5.73 Å². The summed E-state index contributed by atoms with van der Waals surface area (Å²) in [5, 5.41) is 0.663. The number of rotatable bonds is 2. The van der Waals surface area contributed by atoms with Crippen LogP contribution in [0, 0.1) is 5.82 Å². The minimum Gasteiger partial charge on any atom is -0.383 e. The molecule has 1 heterocycles. The smallest absolute Gasteiger partial charge is 0.162 e. The Kier molecular flexibility index (Phi) is 3.28. The number of hydrogen-bond acceptors (Lipinski definition) is 4. The zero-order chi connectivity index (χ0) is 14.1. The Bertz CT molecular complexity index is 772. The molecule has 20 heavy (non-hydrogen) atoms. The SMILES string of the molecule is CSc1ccc(-c2nc(N)c3ccc(F)cc3n2)cc1. The summed E-state index contributed by atoms with van der Waals surface area (Å²) in [4.78, 5) is 9.84. The van der Waals surface area contributed by atoms with Crippen molar-refractivity contribution < 1.29 is 4.39 Å². The number of aromatic nitrogens is 2. The molecular formula is C15H12FN3S. The lowest BCUT2D eigenvalue weighted by molar-refractivity contribution is 0.629. The molecule has 0 aliphatic heterocycles. The van der Waals surface area contributed by atoms with Crippen molar-refractivity contribution in [3.63, 3.8) is 0 Å². The summed E-state index contributed by atoms with van der Waals surface area (Å²) in [5.74, 6) is 0.534. The van der Waals surface area contributed by atoms with Gasteiger partial charge in [-0.25, -0.2) is 14.4 Å². The topological polar surface area (TPSA) is 51.8 Å². The average Bonchev–Trinajstić information content (AvgIpc) is 2.46. The number of nitrogen functional groups attached to an aromatic ring is 1. The normalized spacial score (nSPS) is 10.9. The van der Waals surface area contributed by atoms with E-state index in [9.17, 15) is 4.39 Å². The second kappa shape index (κ2) is 5.09. The van der Waals surface area contributed by atoms with Gasteiger partial charge in [0, 0.05) is 21.9 Å². The van der Waals surface area contributed by atoms with Crippen LogP contribution in [0.25, 0.3) is 22.3 Å². The molecule has 0 aliphatic rings. The summed E-state index contributed by atoms with van der Waals surface area (Å²) < 4.78 is 13.3. The molecule has 5 heteroatoms. The van der Waals surface area contributed by atoms with Gasteiger partial charge in [0.2, 0.25) is 0 Å². The van der Waals surface area contributed by atoms with Crippen molar-refractivity contribution in [3.05, 3.63) is 48.3 Å². The Labute approximate surface area is 120 Å². The molecule has 3 nitrogen and oxygen atoms in total. The van der Waals surface area contributed by atoms with Gasteiger partial charge in [-0.3, -0.25) is 0 Å². The first-order chi connectivity index (χ1) is 9.67. The molecule has 0 spiro atoms. The lowest BCUT2D eigenvalue weighted by atomic mass is 10.2. The van der Waals surface area contributed by atoms with Crippen LogP contribution in [0.15, 0.2) is 47.4 Å². The highest BCUT2D eigenvalue weighted by molar-refractivity contribution is 7.98. The highest BCUT2D eigenvalue weighted by Crippen LogP contribution is 2.25. The van der Waals surface area contributed by atoms with Gasteiger partial charge in [0.15, 0.2) is 5.82 Å². The highest BCUT2D eigenvalue weighted by atomic mass is 32.2. The van der Waals surface area contributed by atoms with Crippen molar-refractivity contribution in [2.75, 3.05) is 12.0 Å². The van der Waals surface area contributed by atoms with Crippen LogP contribution in [-0.2, 0) is 0 Å². The number of nitrogens with two attached hydrogens (primary N) is 1. The Balaban J connectivity index is 2.15. The number of anilines is 1.